The van der Waals surface area contributed by atoms with E-state index in [9.17, 15) is 4.39 Å². The summed E-state index contributed by atoms with van der Waals surface area (Å²) in [5.74, 6) is 0.309. The first-order valence-electron chi connectivity index (χ1n) is 11.4. The predicted octanol–water partition coefficient (Wildman–Crippen LogP) is 3.92. The van der Waals surface area contributed by atoms with E-state index < -0.39 is 0 Å². The summed E-state index contributed by atoms with van der Waals surface area (Å²) in [5.41, 5.74) is 14.1. The third kappa shape index (κ3) is 4.57. The molecule has 7 nitrogen and oxygen atoms in total. The van der Waals surface area contributed by atoms with E-state index in [4.69, 9.17) is 33.7 Å². The summed E-state index contributed by atoms with van der Waals surface area (Å²) in [7, 11) is 0. The molecule has 10 heteroatoms. The van der Waals surface area contributed by atoms with Crippen LogP contribution in [0, 0.1) is 11.7 Å². The molecule has 33 heavy (non-hydrogen) atoms. The van der Waals surface area contributed by atoms with E-state index in [0.717, 1.165) is 30.4 Å². The zero-order valence-electron chi connectivity index (χ0n) is 18.7. The van der Waals surface area contributed by atoms with Crippen LogP contribution in [0.2, 0.25) is 10.0 Å². The molecule has 2 aromatic heterocycles. The number of nitrogens with two attached hydrogens (primary N) is 1. The van der Waals surface area contributed by atoms with Gasteiger partial charge in [-0.1, -0.05) is 23.2 Å². The molecule has 3 aliphatic rings. The lowest BCUT2D eigenvalue weighted by molar-refractivity contribution is -0.0370. The second-order valence-electron chi connectivity index (χ2n) is 9.85. The fourth-order valence-electron chi connectivity index (χ4n) is 5.46. The van der Waals surface area contributed by atoms with E-state index in [1.807, 2.05) is 18.7 Å². The molecular formula is C23H29Cl2FN6O. The van der Waals surface area contributed by atoms with Gasteiger partial charge in [-0.2, -0.15) is 0 Å². The van der Waals surface area contributed by atoms with Crippen LogP contribution in [-0.4, -0.2) is 40.7 Å². The Morgan fingerprint density at radius 3 is 2.61 bits per heavy atom. The van der Waals surface area contributed by atoms with Crippen molar-refractivity contribution in [2.45, 2.75) is 62.9 Å². The van der Waals surface area contributed by atoms with Crippen molar-refractivity contribution < 1.29 is 9.13 Å². The van der Waals surface area contributed by atoms with Gasteiger partial charge in [0.05, 0.1) is 28.3 Å². The standard InChI is InChI=1S/C23H29Cl2FN6O/c1-12(20-16(24)8-28-9-17(20)25)33-14-3-4-19-15(6-14)21(31-30-19)13-5-18(26)22(29-7-13)32-10-23(2,27)11-32/h5,7-9,12,14-15,19,21,30-31H,3-4,6,10-11,27H2,1-2H3/t12-,14?,15?,19?,21?/m1/s1. The Kier molecular flexibility index (Phi) is 6.26. The van der Waals surface area contributed by atoms with E-state index in [2.05, 4.69) is 20.8 Å². The lowest BCUT2D eigenvalue weighted by Gasteiger charge is -2.46. The van der Waals surface area contributed by atoms with Crippen molar-refractivity contribution in [3.8, 4) is 0 Å². The zero-order valence-corrected chi connectivity index (χ0v) is 20.2. The lowest BCUT2D eigenvalue weighted by atomic mass is 9.78. The number of hydrazine groups is 1. The molecule has 0 aromatic carbocycles. The summed E-state index contributed by atoms with van der Waals surface area (Å²) >= 11 is 12.6. The number of rotatable bonds is 5. The van der Waals surface area contributed by atoms with Gasteiger partial charge >= 0.3 is 0 Å². The highest BCUT2D eigenvalue weighted by atomic mass is 35.5. The number of fused-ring (bicyclic) bond motifs is 1. The van der Waals surface area contributed by atoms with Crippen molar-refractivity contribution in [1.29, 1.82) is 0 Å². The summed E-state index contributed by atoms with van der Waals surface area (Å²) in [5, 5.41) is 1.01. The van der Waals surface area contributed by atoms with Gasteiger partial charge in [0.1, 0.15) is 0 Å². The molecule has 2 aliphatic heterocycles. The number of pyridine rings is 2. The molecule has 2 saturated heterocycles. The summed E-state index contributed by atoms with van der Waals surface area (Å²) in [4.78, 5) is 10.3. The van der Waals surface area contributed by atoms with E-state index >= 15 is 0 Å². The van der Waals surface area contributed by atoms with Gasteiger partial charge in [0.2, 0.25) is 0 Å². The first-order chi connectivity index (χ1) is 15.7. The quantitative estimate of drug-likeness (QED) is 0.580. The average molecular weight is 495 g/mol. The topological polar surface area (TPSA) is 88.3 Å². The first kappa shape index (κ1) is 23.2. The second-order valence-corrected chi connectivity index (χ2v) is 10.7. The Hall–Kier alpha value is -1.55. The molecule has 2 aromatic rings. The molecule has 1 saturated carbocycles. The molecule has 4 N–H and O–H groups in total. The normalized spacial score (nSPS) is 29.5. The molecule has 5 rings (SSSR count). The molecule has 5 atom stereocenters. The Morgan fingerprint density at radius 2 is 1.94 bits per heavy atom. The third-order valence-electron chi connectivity index (χ3n) is 7.00. The van der Waals surface area contributed by atoms with Crippen molar-refractivity contribution in [3.05, 3.63) is 51.6 Å². The fourth-order valence-corrected chi connectivity index (χ4v) is 6.13. The minimum absolute atomic E-state index is 0.0444. The van der Waals surface area contributed by atoms with Crippen molar-refractivity contribution in [3.63, 3.8) is 0 Å². The largest absolute Gasteiger partial charge is 0.370 e. The monoisotopic (exact) mass is 494 g/mol. The average Bonchev–Trinajstić information content (AvgIpc) is 3.15. The van der Waals surface area contributed by atoms with E-state index in [1.165, 1.54) is 0 Å². The van der Waals surface area contributed by atoms with Crippen molar-refractivity contribution in [1.82, 2.24) is 20.8 Å². The van der Waals surface area contributed by atoms with Crippen molar-refractivity contribution >= 4 is 29.0 Å². The predicted molar refractivity (Wildman–Crippen MR) is 127 cm³/mol. The third-order valence-corrected chi connectivity index (χ3v) is 7.61. The van der Waals surface area contributed by atoms with Gasteiger partial charge in [-0.25, -0.2) is 14.8 Å². The SMILES string of the molecule is C[C@@H](OC1CCC2NNC(c3cnc(N4CC(C)(N)C4)c(F)c3)C2C1)c1c(Cl)cncc1Cl. The van der Waals surface area contributed by atoms with Crippen LogP contribution in [-0.2, 0) is 4.74 Å². The van der Waals surface area contributed by atoms with Crippen LogP contribution in [0.1, 0.15) is 56.4 Å². The molecule has 4 unspecified atom stereocenters. The van der Waals surface area contributed by atoms with Gasteiger partial charge in [0.15, 0.2) is 11.6 Å². The van der Waals surface area contributed by atoms with E-state index in [1.54, 1.807) is 24.7 Å². The molecule has 0 spiro atoms. The number of hydrogen-bond donors (Lipinski definition) is 3. The summed E-state index contributed by atoms with van der Waals surface area (Å²) < 4.78 is 21.3. The number of hydrogen-bond acceptors (Lipinski definition) is 7. The van der Waals surface area contributed by atoms with Crippen LogP contribution in [0.25, 0.3) is 0 Å². The molecule has 178 valence electrons. The van der Waals surface area contributed by atoms with Gasteiger partial charge in [0.25, 0.3) is 0 Å². The van der Waals surface area contributed by atoms with Gasteiger partial charge in [-0.05, 0) is 50.7 Å². The maximum atomic E-state index is 14.9. The lowest BCUT2D eigenvalue weighted by Crippen LogP contribution is -2.66. The molecular weight excluding hydrogens is 466 g/mol. The molecule has 0 radical (unpaired) electrons. The molecule has 1 aliphatic carbocycles. The van der Waals surface area contributed by atoms with E-state index in [0.29, 0.717) is 35.0 Å². The van der Waals surface area contributed by atoms with Gasteiger partial charge < -0.3 is 15.4 Å². The molecule has 4 heterocycles. The van der Waals surface area contributed by atoms with Crippen LogP contribution in [0.15, 0.2) is 24.7 Å². The van der Waals surface area contributed by atoms with Crippen LogP contribution in [0.3, 0.4) is 0 Å². The van der Waals surface area contributed by atoms with Crippen LogP contribution in [0.5, 0.6) is 0 Å². The van der Waals surface area contributed by atoms with Crippen molar-refractivity contribution in [2.75, 3.05) is 18.0 Å². The number of nitrogens with zero attached hydrogens (tertiary/aromatic N) is 3. The molecule has 0 bridgehead atoms. The zero-order chi connectivity index (χ0) is 23.3. The van der Waals surface area contributed by atoms with Crippen molar-refractivity contribution in [2.24, 2.45) is 11.7 Å². The number of nitrogens with one attached hydrogen (secondary N) is 2. The van der Waals surface area contributed by atoms with Gasteiger partial charge in [-0.15, -0.1) is 0 Å². The smallest absolute Gasteiger partial charge is 0.165 e. The Bertz CT molecular complexity index is 1010. The minimum Gasteiger partial charge on any atom is -0.370 e. The number of halogens is 3. The summed E-state index contributed by atoms with van der Waals surface area (Å²) in [6.07, 6.45) is 7.45. The maximum absolute atomic E-state index is 14.9. The summed E-state index contributed by atoms with van der Waals surface area (Å²) in [6.45, 7) is 5.13. The highest BCUT2D eigenvalue weighted by Gasteiger charge is 2.43. The highest BCUT2D eigenvalue weighted by Crippen LogP contribution is 2.41. The summed E-state index contributed by atoms with van der Waals surface area (Å²) in [6, 6.07) is 1.85. The van der Waals surface area contributed by atoms with Gasteiger partial charge in [0, 0.05) is 48.8 Å². The fraction of sp³-hybridized carbons (Fsp3) is 0.565. The minimum atomic E-state index is -0.313. The second kappa shape index (κ2) is 8.91. The Balaban J connectivity index is 1.28. The maximum Gasteiger partial charge on any atom is 0.165 e. The van der Waals surface area contributed by atoms with Crippen LogP contribution >= 0.6 is 23.2 Å². The van der Waals surface area contributed by atoms with E-state index in [-0.39, 0.29) is 35.5 Å². The number of aromatic nitrogens is 2. The van der Waals surface area contributed by atoms with Crippen LogP contribution < -0.4 is 21.5 Å². The number of ether oxygens (including phenoxy) is 1. The highest BCUT2D eigenvalue weighted by molar-refractivity contribution is 6.35. The first-order valence-corrected chi connectivity index (χ1v) is 12.1. The Morgan fingerprint density at radius 1 is 1.21 bits per heavy atom. The van der Waals surface area contributed by atoms with Crippen LogP contribution in [0.4, 0.5) is 10.2 Å². The number of anilines is 1. The Labute approximate surface area is 203 Å². The van der Waals surface area contributed by atoms with Gasteiger partial charge in [-0.3, -0.25) is 10.4 Å². The molecule has 3 fully saturated rings. The molecule has 0 amide bonds.